The van der Waals surface area contributed by atoms with Crippen LogP contribution >= 0.6 is 0 Å². The summed E-state index contributed by atoms with van der Waals surface area (Å²) in [4.78, 5) is 21.8. The summed E-state index contributed by atoms with van der Waals surface area (Å²) in [6, 6.07) is 0. The summed E-state index contributed by atoms with van der Waals surface area (Å²) in [6.45, 7) is 0. The Bertz CT molecular complexity index is 252. The van der Waals surface area contributed by atoms with Crippen molar-refractivity contribution in [1.29, 1.82) is 0 Å². The first-order valence-corrected chi connectivity index (χ1v) is 2.81. The molecule has 8 N–H and O–H groups in total. The number of carbonyl (C=O) groups excluding carboxylic acids is 2. The van der Waals surface area contributed by atoms with Crippen molar-refractivity contribution in [1.82, 2.24) is 0 Å². The van der Waals surface area contributed by atoms with Gasteiger partial charge in [-0.25, -0.2) is 0 Å². The Morgan fingerprint density at radius 1 is 0.909 bits per heavy atom. The summed E-state index contributed by atoms with van der Waals surface area (Å²) in [5, 5.41) is 0. The summed E-state index contributed by atoms with van der Waals surface area (Å²) < 4.78 is 0. The average molecular weight is 156 g/mol. The zero-order chi connectivity index (χ0) is 8.81. The standard InChI is InChI=1S/C5H8N4O2/c6-1-2(7)4(11)5(8,9)3(1)10/h6-9H2. The van der Waals surface area contributed by atoms with Crippen molar-refractivity contribution in [3.8, 4) is 0 Å². The van der Waals surface area contributed by atoms with Crippen LogP contribution in [0.4, 0.5) is 0 Å². The molecule has 0 fully saturated rings. The molecule has 1 aliphatic rings. The average Bonchev–Trinajstić information content (AvgIpc) is 2.06. The first-order valence-electron chi connectivity index (χ1n) is 2.81. The quantitative estimate of drug-likeness (QED) is 0.216. The minimum absolute atomic E-state index is 0.347. The Morgan fingerprint density at radius 2 is 1.18 bits per heavy atom. The highest BCUT2D eigenvalue weighted by atomic mass is 16.2. The van der Waals surface area contributed by atoms with E-state index >= 15 is 0 Å². The SMILES string of the molecule is NC1=C(N)C(=O)C(N)(N)C1=O. The molecule has 0 heterocycles. The van der Waals surface area contributed by atoms with E-state index < -0.39 is 17.2 Å². The molecule has 0 amide bonds. The molecule has 1 rings (SSSR count). The lowest BCUT2D eigenvalue weighted by molar-refractivity contribution is -0.128. The molecule has 0 aromatic carbocycles. The highest BCUT2D eigenvalue weighted by Gasteiger charge is 2.47. The maximum absolute atomic E-state index is 10.9. The molecule has 0 radical (unpaired) electrons. The Hall–Kier alpha value is -1.40. The Morgan fingerprint density at radius 3 is 1.27 bits per heavy atom. The fourth-order valence-electron chi connectivity index (χ4n) is 0.793. The summed E-state index contributed by atoms with van der Waals surface area (Å²) >= 11 is 0. The predicted molar refractivity (Wildman–Crippen MR) is 36.5 cm³/mol. The van der Waals surface area contributed by atoms with Crippen LogP contribution < -0.4 is 22.9 Å². The van der Waals surface area contributed by atoms with Crippen molar-refractivity contribution < 1.29 is 9.59 Å². The second kappa shape index (κ2) is 1.80. The fraction of sp³-hybridized carbons (Fsp3) is 0.200. The third-order valence-electron chi connectivity index (χ3n) is 1.53. The Kier molecular flexibility index (Phi) is 1.26. The minimum atomic E-state index is -2.05. The van der Waals surface area contributed by atoms with E-state index in [9.17, 15) is 9.59 Å². The van der Waals surface area contributed by atoms with E-state index in [1.54, 1.807) is 0 Å². The van der Waals surface area contributed by atoms with Gasteiger partial charge in [0.25, 0.3) is 0 Å². The van der Waals surface area contributed by atoms with Crippen molar-refractivity contribution in [3.63, 3.8) is 0 Å². The van der Waals surface area contributed by atoms with Crippen LogP contribution in [0, 0.1) is 0 Å². The van der Waals surface area contributed by atoms with Crippen LogP contribution in [0.25, 0.3) is 0 Å². The Labute approximate surface area is 62.2 Å². The molecule has 6 nitrogen and oxygen atoms in total. The Balaban J connectivity index is 3.24. The van der Waals surface area contributed by atoms with Crippen molar-refractivity contribution in [3.05, 3.63) is 11.4 Å². The second-order valence-corrected chi connectivity index (χ2v) is 2.35. The van der Waals surface area contributed by atoms with E-state index in [-0.39, 0.29) is 11.4 Å². The molecule has 0 atom stereocenters. The summed E-state index contributed by atoms with van der Waals surface area (Å²) in [7, 11) is 0. The number of ketones is 2. The van der Waals surface area contributed by atoms with Gasteiger partial charge >= 0.3 is 0 Å². The molecule has 0 saturated heterocycles. The number of carbonyl (C=O) groups is 2. The second-order valence-electron chi connectivity index (χ2n) is 2.35. The summed E-state index contributed by atoms with van der Waals surface area (Å²) in [6.07, 6.45) is 0. The van der Waals surface area contributed by atoms with Crippen molar-refractivity contribution in [2.24, 2.45) is 22.9 Å². The van der Waals surface area contributed by atoms with Crippen LogP contribution in [-0.2, 0) is 9.59 Å². The lowest BCUT2D eigenvalue weighted by Crippen LogP contribution is -2.60. The maximum Gasteiger partial charge on any atom is 0.223 e. The zero-order valence-corrected chi connectivity index (χ0v) is 5.63. The highest BCUT2D eigenvalue weighted by molar-refractivity contribution is 6.29. The highest BCUT2D eigenvalue weighted by Crippen LogP contribution is 2.15. The van der Waals surface area contributed by atoms with E-state index in [2.05, 4.69) is 0 Å². The first-order chi connectivity index (χ1) is 4.89. The molecule has 0 bridgehead atoms. The lowest BCUT2D eigenvalue weighted by atomic mass is 10.1. The predicted octanol–water partition coefficient (Wildman–Crippen LogP) is -3.12. The molecule has 0 unspecified atom stereocenters. The normalized spacial score (nSPS) is 23.1. The van der Waals surface area contributed by atoms with Crippen molar-refractivity contribution in [2.45, 2.75) is 5.66 Å². The molecule has 0 aliphatic heterocycles. The van der Waals surface area contributed by atoms with Gasteiger partial charge in [0.1, 0.15) is 11.4 Å². The smallest absolute Gasteiger partial charge is 0.223 e. The van der Waals surface area contributed by atoms with Gasteiger partial charge in [-0.05, 0) is 0 Å². The van der Waals surface area contributed by atoms with Gasteiger partial charge < -0.3 is 22.9 Å². The van der Waals surface area contributed by atoms with Crippen LogP contribution in [0.1, 0.15) is 0 Å². The van der Waals surface area contributed by atoms with Crippen molar-refractivity contribution in [2.75, 3.05) is 0 Å². The molecule has 11 heavy (non-hydrogen) atoms. The van der Waals surface area contributed by atoms with Crippen LogP contribution in [0.15, 0.2) is 11.4 Å². The van der Waals surface area contributed by atoms with Gasteiger partial charge in [0, 0.05) is 0 Å². The van der Waals surface area contributed by atoms with E-state index in [4.69, 9.17) is 22.9 Å². The molecular weight excluding hydrogens is 148 g/mol. The van der Waals surface area contributed by atoms with E-state index in [1.807, 2.05) is 0 Å². The molecular formula is C5H8N4O2. The van der Waals surface area contributed by atoms with Crippen LogP contribution in [0.3, 0.4) is 0 Å². The number of Topliss-reactive ketones (excluding diaryl/α,β-unsaturated/α-hetero) is 2. The molecule has 0 aromatic heterocycles. The van der Waals surface area contributed by atoms with Gasteiger partial charge in [0.2, 0.25) is 11.6 Å². The molecule has 6 heteroatoms. The molecule has 60 valence electrons. The molecule has 0 aromatic rings. The summed E-state index contributed by atoms with van der Waals surface area (Å²) in [5.74, 6) is -1.64. The maximum atomic E-state index is 10.9. The molecule has 0 saturated carbocycles. The monoisotopic (exact) mass is 156 g/mol. The number of hydrogen-bond donors (Lipinski definition) is 4. The fourth-order valence-corrected chi connectivity index (χ4v) is 0.793. The number of rotatable bonds is 0. The number of nitrogens with two attached hydrogens (primary N) is 4. The zero-order valence-electron chi connectivity index (χ0n) is 5.63. The largest absolute Gasteiger partial charge is 0.394 e. The van der Waals surface area contributed by atoms with Gasteiger partial charge in [0.05, 0.1) is 0 Å². The summed E-state index contributed by atoms with van der Waals surface area (Å²) in [5.41, 5.74) is 17.7. The van der Waals surface area contributed by atoms with E-state index in [0.29, 0.717) is 0 Å². The van der Waals surface area contributed by atoms with Crippen LogP contribution in [0.2, 0.25) is 0 Å². The minimum Gasteiger partial charge on any atom is -0.394 e. The lowest BCUT2D eigenvalue weighted by Gasteiger charge is -2.12. The number of hydrogen-bond acceptors (Lipinski definition) is 6. The van der Waals surface area contributed by atoms with Crippen LogP contribution in [-0.4, -0.2) is 17.2 Å². The van der Waals surface area contributed by atoms with Gasteiger partial charge in [-0.1, -0.05) is 0 Å². The van der Waals surface area contributed by atoms with Gasteiger partial charge in [-0.3, -0.25) is 9.59 Å². The van der Waals surface area contributed by atoms with Gasteiger partial charge in [-0.15, -0.1) is 0 Å². The van der Waals surface area contributed by atoms with Crippen molar-refractivity contribution >= 4 is 11.6 Å². The molecule has 1 aliphatic carbocycles. The third kappa shape index (κ3) is 0.733. The van der Waals surface area contributed by atoms with Gasteiger partial charge in [0.15, 0.2) is 5.66 Å². The topological polar surface area (TPSA) is 138 Å². The van der Waals surface area contributed by atoms with E-state index in [0.717, 1.165) is 0 Å². The first kappa shape index (κ1) is 7.70. The molecule has 0 spiro atoms. The van der Waals surface area contributed by atoms with E-state index in [1.165, 1.54) is 0 Å². The van der Waals surface area contributed by atoms with Gasteiger partial charge in [-0.2, -0.15) is 0 Å². The third-order valence-corrected chi connectivity index (χ3v) is 1.53. The van der Waals surface area contributed by atoms with Crippen LogP contribution in [0.5, 0.6) is 0 Å².